The lowest BCUT2D eigenvalue weighted by atomic mass is 9.78. The first-order valence-corrected chi connectivity index (χ1v) is 19.5. The Morgan fingerprint density at radius 2 is 1.56 bits per heavy atom. The molecule has 0 fully saturated rings. The van der Waals surface area contributed by atoms with Gasteiger partial charge >= 0.3 is 0 Å². The largest absolute Gasteiger partial charge is 0.493 e. The second kappa shape index (κ2) is 12.5. The van der Waals surface area contributed by atoms with Crippen molar-refractivity contribution in [2.45, 2.75) is 57.3 Å². The number of hydrogen-bond donors (Lipinski definition) is 2. The standard InChI is InChI=1S/C39H42N2O7S2/c1-25(2)23-48-32-22-28(50(45,46)47)21-27-18-19-30-37(35(27)32)38(3,4)33(40(30)7)15-9-8-10-16-34-39(5,6)36-29-14-12-11-13-26(29)17-20-31(36)41(34)24-49(42,43)44/h8-22,25H,23-24H2,1-7H3,(H-,42,43,44,45,46,47)/p+1. The summed E-state index contributed by atoms with van der Waals surface area (Å²) in [4.78, 5) is 1.45. The van der Waals surface area contributed by atoms with Crippen LogP contribution in [-0.2, 0) is 31.1 Å². The van der Waals surface area contributed by atoms with Crippen LogP contribution in [0.3, 0.4) is 0 Å². The average molecular weight is 716 g/mol. The van der Waals surface area contributed by atoms with Gasteiger partial charge in [0.1, 0.15) is 12.8 Å². The first-order chi connectivity index (χ1) is 23.3. The minimum absolute atomic E-state index is 0.196. The molecule has 4 aromatic rings. The van der Waals surface area contributed by atoms with Gasteiger partial charge in [-0.25, -0.2) is 0 Å². The van der Waals surface area contributed by atoms with E-state index >= 15 is 0 Å². The SMILES string of the molecule is CC(C)COc1cc(S(=O)(=O)O)cc2ccc3c(c12)C(C)(C)C(C=CC=CC=C1N(CS(=O)(=O)O)c2ccc4ccccc4c2C1(C)C)=[N+]3C. The van der Waals surface area contributed by atoms with Crippen molar-refractivity contribution in [1.29, 1.82) is 0 Å². The summed E-state index contributed by atoms with van der Waals surface area (Å²) in [6, 6.07) is 18.6. The molecule has 0 saturated carbocycles. The third kappa shape index (κ3) is 6.28. The number of nitrogens with zero attached hydrogens (tertiary/aromatic N) is 2. The van der Waals surface area contributed by atoms with Gasteiger partial charge in [0.15, 0.2) is 11.6 Å². The molecule has 4 aromatic carbocycles. The zero-order chi connectivity index (χ0) is 36.4. The molecule has 0 bridgehead atoms. The highest BCUT2D eigenvalue weighted by molar-refractivity contribution is 7.86. The van der Waals surface area contributed by atoms with Gasteiger partial charge in [-0.1, -0.05) is 76.3 Å². The third-order valence-electron chi connectivity index (χ3n) is 9.67. The topological polar surface area (TPSA) is 124 Å². The van der Waals surface area contributed by atoms with Gasteiger partial charge < -0.3 is 9.64 Å². The first-order valence-electron chi connectivity index (χ1n) is 16.5. The summed E-state index contributed by atoms with van der Waals surface area (Å²) in [5, 5.41) is 3.53. The van der Waals surface area contributed by atoms with Gasteiger partial charge in [0, 0.05) is 40.4 Å². The van der Waals surface area contributed by atoms with Crippen LogP contribution in [0, 0.1) is 5.92 Å². The fraction of sp³-hybridized carbons (Fsp3) is 0.308. The minimum atomic E-state index is -4.45. The van der Waals surface area contributed by atoms with Crippen molar-refractivity contribution in [2.24, 2.45) is 5.92 Å². The van der Waals surface area contributed by atoms with Gasteiger partial charge in [0.2, 0.25) is 5.69 Å². The molecule has 2 aliphatic heterocycles. The molecule has 2 aliphatic rings. The van der Waals surface area contributed by atoms with Gasteiger partial charge in [0.25, 0.3) is 20.2 Å². The van der Waals surface area contributed by atoms with Crippen LogP contribution in [0.5, 0.6) is 5.75 Å². The third-order valence-corrected chi connectivity index (χ3v) is 11.1. The van der Waals surface area contributed by atoms with Crippen molar-refractivity contribution in [1.82, 2.24) is 0 Å². The zero-order valence-corrected chi connectivity index (χ0v) is 30.9. The Kier molecular flexibility index (Phi) is 8.87. The maximum absolute atomic E-state index is 12.2. The van der Waals surface area contributed by atoms with Crippen LogP contribution in [0.2, 0.25) is 0 Å². The molecular formula is C39H43N2O7S2+. The molecule has 0 spiro atoms. The van der Waals surface area contributed by atoms with E-state index in [1.807, 2.05) is 99.8 Å². The summed E-state index contributed by atoms with van der Waals surface area (Å²) >= 11 is 0. The lowest BCUT2D eigenvalue weighted by molar-refractivity contribution is -0.401. The van der Waals surface area contributed by atoms with Crippen LogP contribution in [0.1, 0.15) is 52.7 Å². The molecule has 50 heavy (non-hydrogen) atoms. The van der Waals surface area contributed by atoms with E-state index in [-0.39, 0.29) is 10.8 Å². The summed E-state index contributed by atoms with van der Waals surface area (Å²) in [6.45, 7) is 12.7. The zero-order valence-electron chi connectivity index (χ0n) is 29.3. The minimum Gasteiger partial charge on any atom is -0.493 e. The lowest BCUT2D eigenvalue weighted by Gasteiger charge is -2.26. The van der Waals surface area contributed by atoms with E-state index in [1.54, 1.807) is 4.90 Å². The summed E-state index contributed by atoms with van der Waals surface area (Å²) in [5.41, 5.74) is 4.38. The van der Waals surface area contributed by atoms with Crippen molar-refractivity contribution in [3.8, 4) is 5.75 Å². The smallest absolute Gasteiger partial charge is 0.294 e. The van der Waals surface area contributed by atoms with Gasteiger partial charge in [-0.15, -0.1) is 0 Å². The number of benzene rings is 4. The van der Waals surface area contributed by atoms with Crippen LogP contribution in [0.4, 0.5) is 11.4 Å². The monoisotopic (exact) mass is 715 g/mol. The van der Waals surface area contributed by atoms with Gasteiger partial charge in [-0.3, -0.25) is 9.11 Å². The Labute approximate surface area is 294 Å². The molecular weight excluding hydrogens is 673 g/mol. The summed E-state index contributed by atoms with van der Waals surface area (Å²) in [5.74, 6) is 0.0399. The second-order valence-corrected chi connectivity index (χ2v) is 17.3. The van der Waals surface area contributed by atoms with Gasteiger partial charge in [-0.05, 0) is 65.8 Å². The maximum Gasteiger partial charge on any atom is 0.294 e. The average Bonchev–Trinajstić information content (AvgIpc) is 3.35. The van der Waals surface area contributed by atoms with E-state index in [0.29, 0.717) is 17.7 Å². The summed E-state index contributed by atoms with van der Waals surface area (Å²) in [6.07, 6.45) is 9.62. The Hall–Kier alpha value is -4.29. The fourth-order valence-electron chi connectivity index (χ4n) is 7.51. The Bertz CT molecular complexity index is 2400. The Morgan fingerprint density at radius 3 is 2.24 bits per heavy atom. The molecule has 2 heterocycles. The van der Waals surface area contributed by atoms with Crippen LogP contribution < -0.4 is 9.64 Å². The highest BCUT2D eigenvalue weighted by atomic mass is 32.2. The predicted octanol–water partition coefficient (Wildman–Crippen LogP) is 7.92. The maximum atomic E-state index is 12.2. The molecule has 262 valence electrons. The molecule has 0 radical (unpaired) electrons. The van der Waals surface area contributed by atoms with Crippen molar-refractivity contribution in [3.63, 3.8) is 0 Å². The molecule has 0 aromatic heterocycles. The number of anilines is 1. The van der Waals surface area contributed by atoms with Crippen molar-refractivity contribution in [3.05, 3.63) is 108 Å². The number of fused-ring (bicyclic) bond motifs is 6. The van der Waals surface area contributed by atoms with E-state index in [4.69, 9.17) is 4.74 Å². The van der Waals surface area contributed by atoms with Crippen molar-refractivity contribution < 1.29 is 35.3 Å². The van der Waals surface area contributed by atoms with Crippen LogP contribution in [-0.4, -0.2) is 55.8 Å². The van der Waals surface area contributed by atoms with E-state index in [1.165, 1.54) is 12.1 Å². The number of hydrogen-bond acceptors (Lipinski definition) is 6. The van der Waals surface area contributed by atoms with Crippen LogP contribution in [0.15, 0.2) is 102 Å². The summed E-state index contributed by atoms with van der Waals surface area (Å²) < 4.78 is 76.6. The van der Waals surface area contributed by atoms with Gasteiger partial charge in [-0.2, -0.15) is 21.4 Å². The Balaban J connectivity index is 1.37. The quantitative estimate of drug-likeness (QED) is 0.102. The van der Waals surface area contributed by atoms with E-state index in [9.17, 15) is 25.9 Å². The van der Waals surface area contributed by atoms with E-state index in [2.05, 4.69) is 32.3 Å². The van der Waals surface area contributed by atoms with E-state index in [0.717, 1.165) is 50.1 Å². The second-order valence-electron chi connectivity index (χ2n) is 14.5. The van der Waals surface area contributed by atoms with Crippen molar-refractivity contribution in [2.75, 3.05) is 24.4 Å². The highest BCUT2D eigenvalue weighted by Crippen LogP contribution is 2.51. The molecule has 0 amide bonds. The fourth-order valence-corrected chi connectivity index (χ4v) is 8.65. The Morgan fingerprint density at radius 1 is 0.860 bits per heavy atom. The molecule has 2 N–H and O–H groups in total. The predicted molar refractivity (Wildman–Crippen MR) is 200 cm³/mol. The number of allylic oxidation sites excluding steroid dienone is 6. The molecule has 9 nitrogen and oxygen atoms in total. The van der Waals surface area contributed by atoms with Crippen LogP contribution >= 0.6 is 0 Å². The normalized spacial score (nSPS) is 18.0. The van der Waals surface area contributed by atoms with E-state index < -0.39 is 36.9 Å². The molecule has 0 atom stereocenters. The molecule has 0 unspecified atom stereocenters. The first kappa shape index (κ1) is 35.5. The molecule has 0 aliphatic carbocycles. The van der Waals surface area contributed by atoms with Gasteiger partial charge in [0.05, 0.1) is 22.5 Å². The lowest BCUT2D eigenvalue weighted by Crippen LogP contribution is -2.30. The van der Waals surface area contributed by atoms with Crippen molar-refractivity contribution >= 4 is 58.9 Å². The van der Waals surface area contributed by atoms with Crippen LogP contribution in [0.25, 0.3) is 21.5 Å². The number of ether oxygens (including phenoxy) is 1. The molecule has 0 saturated heterocycles. The molecule has 6 rings (SSSR count). The highest BCUT2D eigenvalue weighted by Gasteiger charge is 2.45. The molecule has 11 heteroatoms. The summed E-state index contributed by atoms with van der Waals surface area (Å²) in [7, 11) is -6.79. The number of rotatable bonds is 9.